The molecule has 112 valence electrons. The molecule has 1 saturated carbocycles. The largest absolute Gasteiger partial charge is 0.385 e. The molecule has 1 atom stereocenters. The molecule has 0 radical (unpaired) electrons. The molecule has 0 amide bonds. The highest BCUT2D eigenvalue weighted by molar-refractivity contribution is 6.42. The van der Waals surface area contributed by atoms with Crippen LogP contribution in [0.4, 0.5) is 0 Å². The van der Waals surface area contributed by atoms with Crippen LogP contribution < -0.4 is 0 Å². The number of ether oxygens (including phenoxy) is 1. The summed E-state index contributed by atoms with van der Waals surface area (Å²) in [6.07, 6.45) is 3.09. The van der Waals surface area contributed by atoms with Crippen molar-refractivity contribution < 1.29 is 9.84 Å². The summed E-state index contributed by atoms with van der Waals surface area (Å²) < 4.78 is 5.73. The maximum atomic E-state index is 10.8. The number of halogens is 2. The number of benzene rings is 1. The van der Waals surface area contributed by atoms with Crippen LogP contribution >= 0.6 is 23.2 Å². The van der Waals surface area contributed by atoms with Gasteiger partial charge in [0.1, 0.15) is 6.10 Å². The maximum Gasteiger partial charge on any atom is 0.108 e. The maximum absolute atomic E-state index is 10.8. The lowest BCUT2D eigenvalue weighted by Gasteiger charge is -2.45. The molecule has 4 heteroatoms. The van der Waals surface area contributed by atoms with Gasteiger partial charge in [-0.2, -0.15) is 0 Å². The standard InChI is InChI=1S/C16H22Cl2O2/c1-15(2)6-8-16(20-3,9-7-15)14(19)11-4-5-12(17)13(18)10-11/h4-5,10,14,19H,6-9H2,1-3H3. The van der Waals surface area contributed by atoms with Gasteiger partial charge in [-0.3, -0.25) is 0 Å². The van der Waals surface area contributed by atoms with Crippen molar-refractivity contribution in [2.24, 2.45) is 5.41 Å². The second-order valence-electron chi connectivity index (χ2n) is 6.51. The molecule has 1 aromatic carbocycles. The Kier molecular flexibility index (Phi) is 4.70. The zero-order valence-electron chi connectivity index (χ0n) is 12.2. The molecule has 0 aromatic heterocycles. The van der Waals surface area contributed by atoms with Gasteiger partial charge in [0.15, 0.2) is 0 Å². The summed E-state index contributed by atoms with van der Waals surface area (Å²) in [5.74, 6) is 0. The van der Waals surface area contributed by atoms with Gasteiger partial charge < -0.3 is 9.84 Å². The summed E-state index contributed by atoms with van der Waals surface area (Å²) >= 11 is 12.0. The minimum atomic E-state index is -0.682. The van der Waals surface area contributed by atoms with Crippen LogP contribution in [-0.2, 0) is 4.74 Å². The van der Waals surface area contributed by atoms with Crippen molar-refractivity contribution in [3.63, 3.8) is 0 Å². The highest BCUT2D eigenvalue weighted by Gasteiger charge is 2.44. The number of methoxy groups -OCH3 is 1. The van der Waals surface area contributed by atoms with E-state index in [2.05, 4.69) is 13.8 Å². The van der Waals surface area contributed by atoms with Gasteiger partial charge >= 0.3 is 0 Å². The Bertz CT molecular complexity index is 475. The summed E-state index contributed by atoms with van der Waals surface area (Å²) in [4.78, 5) is 0. The third kappa shape index (κ3) is 3.14. The first-order chi connectivity index (χ1) is 9.30. The van der Waals surface area contributed by atoms with Crippen LogP contribution in [0.1, 0.15) is 51.2 Å². The van der Waals surface area contributed by atoms with Crippen LogP contribution in [0.5, 0.6) is 0 Å². The fourth-order valence-electron chi connectivity index (χ4n) is 2.93. The van der Waals surface area contributed by atoms with Crippen molar-refractivity contribution in [3.8, 4) is 0 Å². The van der Waals surface area contributed by atoms with Crippen molar-refractivity contribution in [1.82, 2.24) is 0 Å². The summed E-state index contributed by atoms with van der Waals surface area (Å²) in [5.41, 5.74) is 0.562. The minimum absolute atomic E-state index is 0.319. The van der Waals surface area contributed by atoms with Crippen molar-refractivity contribution in [1.29, 1.82) is 0 Å². The topological polar surface area (TPSA) is 29.5 Å². The Balaban J connectivity index is 2.25. The van der Waals surface area contributed by atoms with Crippen molar-refractivity contribution in [2.75, 3.05) is 7.11 Å². The second-order valence-corrected chi connectivity index (χ2v) is 7.32. The van der Waals surface area contributed by atoms with E-state index >= 15 is 0 Å². The van der Waals surface area contributed by atoms with Gasteiger partial charge in [-0.15, -0.1) is 0 Å². The summed E-state index contributed by atoms with van der Waals surface area (Å²) in [5, 5.41) is 11.7. The van der Waals surface area contributed by atoms with E-state index < -0.39 is 11.7 Å². The molecule has 20 heavy (non-hydrogen) atoms. The predicted octanol–water partition coefficient (Wildman–Crippen LogP) is 5.01. The zero-order chi connectivity index (χ0) is 15.0. The number of hydrogen-bond acceptors (Lipinski definition) is 2. The number of hydrogen-bond donors (Lipinski definition) is 1. The van der Waals surface area contributed by atoms with Crippen molar-refractivity contribution in [3.05, 3.63) is 33.8 Å². The van der Waals surface area contributed by atoms with E-state index in [1.54, 1.807) is 19.2 Å². The van der Waals surface area contributed by atoms with Gasteiger partial charge in [0.25, 0.3) is 0 Å². The molecule has 0 aliphatic heterocycles. The van der Waals surface area contributed by atoms with Crippen LogP contribution in [-0.4, -0.2) is 17.8 Å². The number of aliphatic hydroxyl groups excluding tert-OH is 1. The van der Waals surface area contributed by atoms with Gasteiger partial charge in [-0.25, -0.2) is 0 Å². The number of aliphatic hydroxyl groups is 1. The molecule has 2 nitrogen and oxygen atoms in total. The Labute approximate surface area is 131 Å². The highest BCUT2D eigenvalue weighted by atomic mass is 35.5. The molecule has 1 fully saturated rings. The highest BCUT2D eigenvalue weighted by Crippen LogP contribution is 2.47. The fraction of sp³-hybridized carbons (Fsp3) is 0.625. The number of rotatable bonds is 3. The molecule has 1 N–H and O–H groups in total. The third-order valence-electron chi connectivity index (χ3n) is 4.61. The normalized spacial score (nSPS) is 22.5. The third-order valence-corrected chi connectivity index (χ3v) is 5.35. The van der Waals surface area contributed by atoms with Gasteiger partial charge in [0.05, 0.1) is 15.6 Å². The molecule has 1 aromatic rings. The molecular weight excluding hydrogens is 295 g/mol. The van der Waals surface area contributed by atoms with E-state index in [-0.39, 0.29) is 0 Å². The first-order valence-electron chi connectivity index (χ1n) is 6.98. The molecule has 0 bridgehead atoms. The van der Waals surface area contributed by atoms with Gasteiger partial charge in [0.2, 0.25) is 0 Å². The van der Waals surface area contributed by atoms with Crippen molar-refractivity contribution >= 4 is 23.2 Å². The van der Waals surface area contributed by atoms with E-state index in [4.69, 9.17) is 27.9 Å². The first kappa shape index (κ1) is 16.1. The fourth-order valence-corrected chi connectivity index (χ4v) is 3.23. The molecule has 0 heterocycles. The summed E-state index contributed by atoms with van der Waals surface area (Å²) in [6, 6.07) is 5.27. The quantitative estimate of drug-likeness (QED) is 0.849. The van der Waals surface area contributed by atoms with Crippen LogP contribution in [0.2, 0.25) is 10.0 Å². The molecule has 2 rings (SSSR count). The smallest absolute Gasteiger partial charge is 0.108 e. The SMILES string of the molecule is COC1(C(O)c2ccc(Cl)c(Cl)c2)CCC(C)(C)CC1. The summed E-state index contributed by atoms with van der Waals surface area (Å²) in [6.45, 7) is 4.52. The molecular formula is C16H22Cl2O2. The van der Waals surface area contributed by atoms with Gasteiger partial charge in [-0.05, 0) is 48.8 Å². The predicted molar refractivity (Wildman–Crippen MR) is 83.4 cm³/mol. The minimum Gasteiger partial charge on any atom is -0.385 e. The molecule has 1 aliphatic carbocycles. The monoisotopic (exact) mass is 316 g/mol. The van der Waals surface area contributed by atoms with Crippen LogP contribution in [0, 0.1) is 5.41 Å². The average Bonchev–Trinajstić information content (AvgIpc) is 2.42. The average molecular weight is 317 g/mol. The molecule has 1 aliphatic rings. The van der Waals surface area contributed by atoms with E-state index in [0.717, 1.165) is 31.2 Å². The lowest BCUT2D eigenvalue weighted by molar-refractivity contribution is -0.138. The van der Waals surface area contributed by atoms with E-state index in [1.807, 2.05) is 6.07 Å². The lowest BCUT2D eigenvalue weighted by atomic mass is 9.68. The zero-order valence-corrected chi connectivity index (χ0v) is 13.8. The molecule has 0 spiro atoms. The first-order valence-corrected chi connectivity index (χ1v) is 7.73. The Hall–Kier alpha value is -0.280. The Morgan fingerprint density at radius 2 is 1.70 bits per heavy atom. The van der Waals surface area contributed by atoms with Crippen LogP contribution in [0.3, 0.4) is 0 Å². The van der Waals surface area contributed by atoms with Crippen LogP contribution in [0.25, 0.3) is 0 Å². The van der Waals surface area contributed by atoms with E-state index in [0.29, 0.717) is 15.5 Å². The van der Waals surface area contributed by atoms with E-state index in [1.165, 1.54) is 0 Å². The van der Waals surface area contributed by atoms with Crippen LogP contribution in [0.15, 0.2) is 18.2 Å². The Morgan fingerprint density at radius 1 is 1.10 bits per heavy atom. The molecule has 0 saturated heterocycles. The van der Waals surface area contributed by atoms with E-state index in [9.17, 15) is 5.11 Å². The second kappa shape index (κ2) is 5.84. The van der Waals surface area contributed by atoms with Gasteiger partial charge in [-0.1, -0.05) is 43.1 Å². The Morgan fingerprint density at radius 3 is 2.20 bits per heavy atom. The summed E-state index contributed by atoms with van der Waals surface area (Å²) in [7, 11) is 1.68. The molecule has 1 unspecified atom stereocenters. The van der Waals surface area contributed by atoms with Gasteiger partial charge in [0, 0.05) is 7.11 Å². The lowest BCUT2D eigenvalue weighted by Crippen LogP contribution is -2.43. The van der Waals surface area contributed by atoms with Crippen molar-refractivity contribution in [2.45, 2.75) is 51.2 Å².